The molecule has 1 aromatic heterocycles. The van der Waals surface area contributed by atoms with Gasteiger partial charge in [0.05, 0.1) is 24.5 Å². The summed E-state index contributed by atoms with van der Waals surface area (Å²) in [6.07, 6.45) is 3.21. The lowest BCUT2D eigenvalue weighted by atomic mass is 9.82. The van der Waals surface area contributed by atoms with Crippen LogP contribution in [0.5, 0.6) is 0 Å². The highest BCUT2D eigenvalue weighted by Crippen LogP contribution is 2.60. The van der Waals surface area contributed by atoms with E-state index < -0.39 is 37.7 Å². The van der Waals surface area contributed by atoms with E-state index in [0.717, 1.165) is 47.5 Å². The molecule has 0 aliphatic carbocycles. The number of ether oxygens (including phenoxy) is 1. The minimum atomic E-state index is -3.33. The number of hydrogen-bond acceptors (Lipinski definition) is 6. The van der Waals surface area contributed by atoms with Gasteiger partial charge in [0.2, 0.25) is 14.3 Å². The van der Waals surface area contributed by atoms with Crippen molar-refractivity contribution in [2.45, 2.75) is 82.1 Å². The number of aliphatic hydroxyl groups is 1. The van der Waals surface area contributed by atoms with Crippen molar-refractivity contribution in [1.82, 2.24) is 15.0 Å². The Kier molecular flexibility index (Phi) is 8.55. The van der Waals surface area contributed by atoms with Gasteiger partial charge in [-0.3, -0.25) is 14.3 Å². The Bertz CT molecular complexity index is 1800. The molecule has 3 aliphatic heterocycles. The molecule has 4 aromatic rings. The van der Waals surface area contributed by atoms with Gasteiger partial charge in [-0.2, -0.15) is 0 Å². The summed E-state index contributed by atoms with van der Waals surface area (Å²) in [6.45, 7) is 6.81. The van der Waals surface area contributed by atoms with Crippen molar-refractivity contribution in [3.05, 3.63) is 107 Å². The van der Waals surface area contributed by atoms with Crippen LogP contribution in [0.2, 0.25) is 18.6 Å². The predicted octanol–water partition coefficient (Wildman–Crippen LogP) is 6.29. The third-order valence-electron chi connectivity index (χ3n) is 10.4. The fraction of sp³-hybridized carbons (Fsp3) is 0.405. The number of rotatable bonds is 9. The largest absolute Gasteiger partial charge is 0.382 e. The molecule has 11 heteroatoms. The second-order valence-electron chi connectivity index (χ2n) is 13.9. The molecule has 0 saturated carbocycles. The second-order valence-corrected chi connectivity index (χ2v) is 17.7. The maximum atomic E-state index is 16.3. The number of carbonyl (C=O) groups is 2. The zero-order chi connectivity index (χ0) is 33.6. The van der Waals surface area contributed by atoms with E-state index in [0.29, 0.717) is 31.6 Å². The van der Waals surface area contributed by atoms with Gasteiger partial charge in [0.1, 0.15) is 11.8 Å². The number of para-hydroxylation sites is 1. The molecule has 3 aromatic carbocycles. The van der Waals surface area contributed by atoms with Crippen LogP contribution in [0.25, 0.3) is 0 Å². The molecule has 250 valence electrons. The number of hydrogen-bond donors (Lipinski definition) is 1. The number of fused-ring (bicyclic) bond motifs is 2. The monoisotopic (exact) mass is 667 g/mol. The number of nitrogens with zero attached hydrogens (tertiary/aromatic N) is 5. The van der Waals surface area contributed by atoms with Crippen LogP contribution < -0.4 is 9.80 Å². The lowest BCUT2D eigenvalue weighted by molar-refractivity contribution is -0.146. The molecule has 1 spiro atoms. The van der Waals surface area contributed by atoms with Gasteiger partial charge in [0, 0.05) is 42.2 Å². The fourth-order valence-corrected chi connectivity index (χ4v) is 10.6. The van der Waals surface area contributed by atoms with Crippen molar-refractivity contribution in [2.75, 3.05) is 16.3 Å². The van der Waals surface area contributed by atoms with Crippen molar-refractivity contribution in [1.29, 1.82) is 0 Å². The Morgan fingerprint density at radius 2 is 1.75 bits per heavy atom. The number of anilines is 2. The second kappa shape index (κ2) is 12.7. The van der Waals surface area contributed by atoms with Crippen molar-refractivity contribution < 1.29 is 23.5 Å². The first kappa shape index (κ1) is 32.4. The number of carbonyl (C=O) groups excluding carboxylic acids is 2. The molecule has 4 heterocycles. The molecule has 0 unspecified atom stereocenters. The van der Waals surface area contributed by atoms with Gasteiger partial charge in [-0.1, -0.05) is 72.8 Å². The molecule has 48 heavy (non-hydrogen) atoms. The van der Waals surface area contributed by atoms with Crippen LogP contribution >= 0.6 is 0 Å². The van der Waals surface area contributed by atoms with E-state index in [4.69, 9.17) is 4.74 Å². The zero-order valence-corrected chi connectivity index (χ0v) is 28.6. The average Bonchev–Trinajstić information content (AvgIpc) is 3.75. The third kappa shape index (κ3) is 5.67. The van der Waals surface area contributed by atoms with Crippen LogP contribution in [-0.2, 0) is 33.0 Å². The maximum absolute atomic E-state index is 16.3. The fourth-order valence-electron chi connectivity index (χ4n) is 8.08. The number of aliphatic hydroxyl groups excluding tert-OH is 1. The Balaban J connectivity index is 1.13. The average molecular weight is 668 g/mol. The molecule has 2 amide bonds. The number of amides is 2. The van der Waals surface area contributed by atoms with E-state index in [-0.39, 0.29) is 11.8 Å². The Hall–Kier alpha value is -4.19. The van der Waals surface area contributed by atoms with Gasteiger partial charge >= 0.3 is 0 Å². The zero-order valence-electron chi connectivity index (χ0n) is 27.6. The van der Waals surface area contributed by atoms with Gasteiger partial charge in [-0.15, -0.1) is 5.10 Å². The van der Waals surface area contributed by atoms with E-state index in [2.05, 4.69) is 10.3 Å². The molecule has 1 N–H and O–H groups in total. The lowest BCUT2D eigenvalue weighted by Gasteiger charge is -2.31. The smallest absolute Gasteiger partial charge is 0.264 e. The van der Waals surface area contributed by atoms with Gasteiger partial charge < -0.3 is 23.8 Å². The van der Waals surface area contributed by atoms with Crippen molar-refractivity contribution in [3.8, 4) is 0 Å². The first-order valence-electron chi connectivity index (χ1n) is 16.9. The summed E-state index contributed by atoms with van der Waals surface area (Å²) in [4.78, 5) is 30.7. The summed E-state index contributed by atoms with van der Waals surface area (Å²) in [6, 6.07) is 24.8. The number of benzene rings is 3. The van der Waals surface area contributed by atoms with Gasteiger partial charge in [0.25, 0.3) is 5.91 Å². The van der Waals surface area contributed by atoms with Crippen molar-refractivity contribution >= 4 is 31.6 Å². The van der Waals surface area contributed by atoms with Crippen LogP contribution in [0.4, 0.5) is 15.5 Å². The highest BCUT2D eigenvalue weighted by Gasteiger charge is 2.66. The molecule has 0 bridgehead atoms. The van der Waals surface area contributed by atoms with E-state index >= 15 is 4.11 Å². The summed E-state index contributed by atoms with van der Waals surface area (Å²) in [5.41, 5.74) is 2.77. The molecule has 7 rings (SSSR count). The third-order valence-corrected chi connectivity index (χ3v) is 12.8. The summed E-state index contributed by atoms with van der Waals surface area (Å²) in [5.74, 6) is -0.429. The summed E-state index contributed by atoms with van der Waals surface area (Å²) >= 11 is 0. The topological polar surface area (TPSA) is 101 Å². The first-order valence-corrected chi connectivity index (χ1v) is 19.8. The molecule has 9 nitrogen and oxygen atoms in total. The molecular formula is C37H42FN5O4Si. The highest BCUT2D eigenvalue weighted by atomic mass is 28.4. The van der Waals surface area contributed by atoms with Gasteiger partial charge in [-0.05, 0) is 61.7 Å². The molecule has 3 aliphatic rings. The Morgan fingerprint density at radius 1 is 1.02 bits per heavy atom. The van der Waals surface area contributed by atoms with E-state index in [1.165, 1.54) is 0 Å². The van der Waals surface area contributed by atoms with Crippen LogP contribution in [0, 0.1) is 5.92 Å². The molecule has 2 fully saturated rings. The van der Waals surface area contributed by atoms with Crippen LogP contribution in [0.15, 0.2) is 85.1 Å². The predicted molar refractivity (Wildman–Crippen MR) is 183 cm³/mol. The summed E-state index contributed by atoms with van der Waals surface area (Å²) < 4.78 is 24.8. The molecule has 0 radical (unpaired) electrons. The lowest BCUT2D eigenvalue weighted by Crippen LogP contribution is -2.45. The number of aromatic nitrogens is 3. The number of piperidine rings is 1. The summed E-state index contributed by atoms with van der Waals surface area (Å²) in [5, 5.41) is 19.2. The van der Waals surface area contributed by atoms with Gasteiger partial charge in [0.15, 0.2) is 5.60 Å². The standard InChI is InChI=1S/C37H42FN5O4Si/c1-25-35(48(2,3)38)32(20-22-41-24-30(39-40-41)34(45)27-11-5-4-6-12-27)47-37(25)29-13-7-8-14-31(29)43(36(37)46)23-26-16-18-28(19-17-26)42-21-10-9-15-33(42)44/h4-8,11-14,16-19,24-25,32,34-35,45H,9-10,15,20-23H2,1-3H3/t25-,32+,34+,35-,37+/m0/s1. The molecular weight excluding hydrogens is 626 g/mol. The first-order chi connectivity index (χ1) is 23.1. The number of halogens is 1. The van der Waals surface area contributed by atoms with E-state index in [1.54, 1.807) is 28.9 Å². The summed E-state index contributed by atoms with van der Waals surface area (Å²) in [7, 11) is -3.33. The van der Waals surface area contributed by atoms with E-state index in [9.17, 15) is 14.7 Å². The minimum Gasteiger partial charge on any atom is -0.382 e. The number of aryl methyl sites for hydroxylation is 1. The van der Waals surface area contributed by atoms with Gasteiger partial charge in [-0.25, -0.2) is 0 Å². The Morgan fingerprint density at radius 3 is 2.48 bits per heavy atom. The normalized spacial score (nSPS) is 24.8. The SMILES string of the molecule is C[C@H]1[C@H]([Si](C)(C)F)[C@@H](CCn2cc([C@H](O)c3ccccc3)nn2)O[C@]12C(=O)N(Cc1ccc(N3CCCCC3=O)cc1)c1ccccc12. The van der Waals surface area contributed by atoms with Crippen molar-refractivity contribution in [2.24, 2.45) is 5.92 Å². The van der Waals surface area contributed by atoms with Crippen LogP contribution in [0.3, 0.4) is 0 Å². The van der Waals surface area contributed by atoms with E-state index in [1.807, 2.05) is 90.7 Å². The quantitative estimate of drug-likeness (QED) is 0.166. The molecule has 2 saturated heterocycles. The maximum Gasteiger partial charge on any atom is 0.264 e. The molecule has 5 atom stereocenters. The van der Waals surface area contributed by atoms with Crippen LogP contribution in [-0.4, -0.2) is 53.0 Å². The minimum absolute atomic E-state index is 0.143. The van der Waals surface area contributed by atoms with Crippen molar-refractivity contribution in [3.63, 3.8) is 0 Å². The highest BCUT2D eigenvalue weighted by molar-refractivity contribution is 6.72. The van der Waals surface area contributed by atoms with Crippen LogP contribution in [0.1, 0.15) is 61.1 Å². The Labute approximate surface area is 281 Å².